The van der Waals surface area contributed by atoms with Crippen LogP contribution in [0.2, 0.25) is 0 Å². The minimum absolute atomic E-state index is 0.159. The molecule has 1 atom stereocenters. The summed E-state index contributed by atoms with van der Waals surface area (Å²) in [5, 5.41) is 4.24. The zero-order chi connectivity index (χ0) is 29.1. The molecular formula is C32H30N2O7. The lowest BCUT2D eigenvalue weighted by atomic mass is 10.0. The number of methoxy groups -OCH3 is 1. The first-order valence-electron chi connectivity index (χ1n) is 13.1. The molecule has 41 heavy (non-hydrogen) atoms. The highest BCUT2D eigenvalue weighted by Gasteiger charge is 2.27. The van der Waals surface area contributed by atoms with Crippen LogP contribution in [-0.4, -0.2) is 35.8 Å². The number of carbonyl (C=O) groups is 2. The van der Waals surface area contributed by atoms with E-state index in [1.165, 1.54) is 12.1 Å². The number of rotatable bonds is 7. The third kappa shape index (κ3) is 6.41. The number of fused-ring (bicyclic) bond motifs is 2. The van der Waals surface area contributed by atoms with Gasteiger partial charge in [0.05, 0.1) is 7.11 Å². The van der Waals surface area contributed by atoms with E-state index in [1.54, 1.807) is 58.3 Å². The molecule has 1 amide bonds. The van der Waals surface area contributed by atoms with Crippen molar-refractivity contribution >= 4 is 33.9 Å². The number of para-hydroxylation sites is 1. The molecule has 5 aromatic rings. The second-order valence-electron chi connectivity index (χ2n) is 10.5. The molecule has 9 heteroatoms. The Hall–Kier alpha value is -5.05. The van der Waals surface area contributed by atoms with Crippen LogP contribution < -0.4 is 20.4 Å². The van der Waals surface area contributed by atoms with Crippen molar-refractivity contribution in [1.82, 2.24) is 10.3 Å². The fourth-order valence-corrected chi connectivity index (χ4v) is 4.57. The lowest BCUT2D eigenvalue weighted by Crippen LogP contribution is -2.46. The van der Waals surface area contributed by atoms with Crippen LogP contribution in [0, 0.1) is 0 Å². The predicted molar refractivity (Wildman–Crippen MR) is 155 cm³/mol. The van der Waals surface area contributed by atoms with E-state index in [0.29, 0.717) is 16.7 Å². The Bertz CT molecular complexity index is 1780. The van der Waals surface area contributed by atoms with Crippen molar-refractivity contribution < 1.29 is 28.2 Å². The van der Waals surface area contributed by atoms with E-state index >= 15 is 0 Å². The van der Waals surface area contributed by atoms with E-state index in [4.69, 9.17) is 18.6 Å². The Kier molecular flexibility index (Phi) is 7.52. The summed E-state index contributed by atoms with van der Waals surface area (Å²) in [6.07, 6.45) is 1.22. The highest BCUT2D eigenvalue weighted by Crippen LogP contribution is 2.31. The maximum Gasteiger partial charge on any atom is 0.408 e. The molecule has 2 aromatic heterocycles. The first-order chi connectivity index (χ1) is 19.6. The second-order valence-corrected chi connectivity index (χ2v) is 10.5. The number of carbonyl (C=O) groups excluding carboxylic acids is 2. The zero-order valence-corrected chi connectivity index (χ0v) is 23.1. The highest BCUT2D eigenvalue weighted by molar-refractivity contribution is 5.94. The molecule has 0 aliphatic heterocycles. The molecule has 210 valence electrons. The number of nitrogens with one attached hydrogen (secondary N) is 2. The number of hydrogen-bond donors (Lipinski definition) is 2. The topological polar surface area (TPSA) is 120 Å². The van der Waals surface area contributed by atoms with Gasteiger partial charge in [0.1, 0.15) is 28.7 Å². The van der Waals surface area contributed by atoms with Gasteiger partial charge in [-0.1, -0.05) is 30.3 Å². The van der Waals surface area contributed by atoms with Gasteiger partial charge >= 0.3 is 17.7 Å². The molecule has 5 rings (SSSR count). The largest absolute Gasteiger partial charge is 0.497 e. The molecule has 2 heterocycles. The molecule has 0 saturated heterocycles. The number of ether oxygens (including phenoxy) is 3. The SMILES string of the molecule is COc1ccc(-c2cc(=O)oc3cc(OC(=O)[C@H](Cc4c[nH]c5ccccc45)NC(=O)OC(C)(C)C)ccc23)cc1. The van der Waals surface area contributed by atoms with Gasteiger partial charge in [-0.25, -0.2) is 14.4 Å². The van der Waals surface area contributed by atoms with Crippen LogP contribution in [0.5, 0.6) is 11.5 Å². The summed E-state index contributed by atoms with van der Waals surface area (Å²) in [6.45, 7) is 5.22. The molecule has 0 radical (unpaired) electrons. The van der Waals surface area contributed by atoms with Crippen LogP contribution in [0.25, 0.3) is 33.0 Å². The molecule has 3 aromatic carbocycles. The van der Waals surface area contributed by atoms with Crippen LogP contribution in [0.1, 0.15) is 26.3 Å². The Labute approximate surface area is 236 Å². The van der Waals surface area contributed by atoms with Gasteiger partial charge in [0.15, 0.2) is 0 Å². The van der Waals surface area contributed by atoms with Crippen LogP contribution in [0.3, 0.4) is 0 Å². The Morgan fingerprint density at radius 2 is 1.68 bits per heavy atom. The summed E-state index contributed by atoms with van der Waals surface area (Å²) < 4.78 is 21.8. The van der Waals surface area contributed by atoms with E-state index in [0.717, 1.165) is 22.0 Å². The molecule has 2 N–H and O–H groups in total. The van der Waals surface area contributed by atoms with Crippen LogP contribution in [-0.2, 0) is 16.0 Å². The molecule has 0 bridgehead atoms. The summed E-state index contributed by atoms with van der Waals surface area (Å²) in [4.78, 5) is 41.6. The number of aromatic nitrogens is 1. The van der Waals surface area contributed by atoms with Gasteiger partial charge in [-0.2, -0.15) is 0 Å². The Morgan fingerprint density at radius 1 is 0.951 bits per heavy atom. The lowest BCUT2D eigenvalue weighted by Gasteiger charge is -2.23. The van der Waals surface area contributed by atoms with Crippen molar-refractivity contribution in [3.8, 4) is 22.6 Å². The minimum Gasteiger partial charge on any atom is -0.497 e. The van der Waals surface area contributed by atoms with E-state index < -0.39 is 29.3 Å². The monoisotopic (exact) mass is 554 g/mol. The lowest BCUT2D eigenvalue weighted by molar-refractivity contribution is -0.136. The predicted octanol–water partition coefficient (Wildman–Crippen LogP) is 5.99. The van der Waals surface area contributed by atoms with Crippen LogP contribution >= 0.6 is 0 Å². The Morgan fingerprint density at radius 3 is 2.41 bits per heavy atom. The van der Waals surface area contributed by atoms with Gasteiger partial charge in [-0.05, 0) is 67.8 Å². The molecular weight excluding hydrogens is 524 g/mol. The van der Waals surface area contributed by atoms with Crippen LogP contribution in [0.4, 0.5) is 4.79 Å². The first-order valence-corrected chi connectivity index (χ1v) is 13.1. The van der Waals surface area contributed by atoms with Gasteiger partial charge in [-0.3, -0.25) is 0 Å². The fraction of sp³-hybridized carbons (Fsp3) is 0.219. The normalized spacial score (nSPS) is 12.2. The Balaban J connectivity index is 1.43. The van der Waals surface area contributed by atoms with Crippen molar-refractivity contribution in [2.24, 2.45) is 0 Å². The van der Waals surface area contributed by atoms with Gasteiger partial charge in [0.2, 0.25) is 0 Å². The van der Waals surface area contributed by atoms with Gasteiger partial charge in [-0.15, -0.1) is 0 Å². The zero-order valence-electron chi connectivity index (χ0n) is 23.1. The summed E-state index contributed by atoms with van der Waals surface area (Å²) in [5.74, 6) is 0.152. The van der Waals surface area contributed by atoms with E-state index in [2.05, 4.69) is 10.3 Å². The van der Waals surface area contributed by atoms with Crippen molar-refractivity contribution in [2.45, 2.75) is 38.8 Å². The average molecular weight is 555 g/mol. The first kappa shape index (κ1) is 27.5. The molecule has 9 nitrogen and oxygen atoms in total. The second kappa shape index (κ2) is 11.2. The van der Waals surface area contributed by atoms with Crippen LogP contribution in [0.15, 0.2) is 88.2 Å². The maximum absolute atomic E-state index is 13.4. The summed E-state index contributed by atoms with van der Waals surface area (Å²) in [5.41, 5.74) is 2.15. The number of esters is 1. The number of amides is 1. The van der Waals surface area contributed by atoms with E-state index in [1.807, 2.05) is 36.4 Å². The molecule has 0 aliphatic carbocycles. The molecule has 0 aliphatic rings. The highest BCUT2D eigenvalue weighted by atomic mass is 16.6. The summed E-state index contributed by atoms with van der Waals surface area (Å²) in [7, 11) is 1.58. The number of hydrogen-bond acceptors (Lipinski definition) is 7. The van der Waals surface area contributed by atoms with E-state index in [-0.39, 0.29) is 17.8 Å². The van der Waals surface area contributed by atoms with Crippen molar-refractivity contribution in [3.63, 3.8) is 0 Å². The van der Waals surface area contributed by atoms with Crippen molar-refractivity contribution in [2.75, 3.05) is 7.11 Å². The quantitative estimate of drug-likeness (QED) is 0.144. The summed E-state index contributed by atoms with van der Waals surface area (Å²) in [6, 6.07) is 20.1. The number of benzene rings is 3. The van der Waals surface area contributed by atoms with E-state index in [9.17, 15) is 14.4 Å². The molecule has 0 fully saturated rings. The van der Waals surface area contributed by atoms with Gasteiger partial charge in [0.25, 0.3) is 0 Å². The van der Waals surface area contributed by atoms with Gasteiger partial charge < -0.3 is 28.9 Å². The summed E-state index contributed by atoms with van der Waals surface area (Å²) >= 11 is 0. The third-order valence-electron chi connectivity index (χ3n) is 6.41. The number of alkyl carbamates (subject to hydrolysis) is 1. The smallest absolute Gasteiger partial charge is 0.408 e. The van der Waals surface area contributed by atoms with Gasteiger partial charge in [0, 0.05) is 41.0 Å². The minimum atomic E-state index is -1.06. The fourth-order valence-electron chi connectivity index (χ4n) is 4.57. The third-order valence-corrected chi connectivity index (χ3v) is 6.41. The maximum atomic E-state index is 13.4. The average Bonchev–Trinajstić information content (AvgIpc) is 3.34. The van der Waals surface area contributed by atoms with Crippen molar-refractivity contribution in [1.29, 1.82) is 0 Å². The number of aromatic amines is 1. The molecule has 0 spiro atoms. The molecule has 0 saturated carbocycles. The number of H-pyrrole nitrogens is 1. The standard InChI is InChI=1S/C32H30N2O7/c1-32(2,3)41-31(37)34-27(15-20-18-33-26-8-6-5-7-23(20)26)30(36)39-22-13-14-24-25(17-29(35)40-28(24)16-22)19-9-11-21(38-4)12-10-19/h5-14,16-18,27,33H,15H2,1-4H3,(H,34,37)/t27-/m0/s1. The van der Waals surface area contributed by atoms with Crippen molar-refractivity contribution in [3.05, 3.63) is 95.0 Å². The molecule has 0 unspecified atom stereocenters.